The molecule has 0 saturated carbocycles. The zero-order valence-electron chi connectivity index (χ0n) is 11.0. The van der Waals surface area contributed by atoms with Gasteiger partial charge >= 0.3 is 0 Å². The molecule has 0 saturated heterocycles. The minimum atomic E-state index is -0.808. The molecule has 1 atom stereocenters. The van der Waals surface area contributed by atoms with Crippen molar-refractivity contribution in [3.8, 4) is 0 Å². The molecule has 0 bridgehead atoms. The van der Waals surface area contributed by atoms with Crippen molar-refractivity contribution in [3.63, 3.8) is 0 Å². The van der Waals surface area contributed by atoms with Crippen molar-refractivity contribution in [1.82, 2.24) is 4.90 Å². The molecule has 0 fully saturated rings. The molecule has 0 spiro atoms. The van der Waals surface area contributed by atoms with Crippen molar-refractivity contribution in [3.05, 3.63) is 29.3 Å². The van der Waals surface area contributed by atoms with Gasteiger partial charge in [0, 0.05) is 31.9 Å². The fraction of sp³-hybridized carbons (Fsp3) is 0.462. The highest BCUT2D eigenvalue weighted by atomic mass is 16.3. The lowest BCUT2D eigenvalue weighted by molar-refractivity contribution is 0.0827. The first-order valence-corrected chi connectivity index (χ1v) is 5.81. The molecule has 0 aliphatic rings. The number of nitrogens with zero attached hydrogens (tertiary/aromatic N) is 1. The maximum atomic E-state index is 11.9. The molecule has 1 amide bonds. The van der Waals surface area contributed by atoms with Gasteiger partial charge in [0.05, 0.1) is 12.7 Å². The van der Waals surface area contributed by atoms with E-state index in [2.05, 4.69) is 5.32 Å². The summed E-state index contributed by atoms with van der Waals surface area (Å²) in [5.74, 6) is -0.0566. The van der Waals surface area contributed by atoms with Crippen molar-refractivity contribution >= 4 is 11.6 Å². The van der Waals surface area contributed by atoms with Crippen LogP contribution in [-0.2, 0) is 0 Å². The molecule has 0 heterocycles. The lowest BCUT2D eigenvalue weighted by Crippen LogP contribution is -2.25. The summed E-state index contributed by atoms with van der Waals surface area (Å²) in [6.07, 6.45) is -0.808. The average Bonchev–Trinajstić information content (AvgIpc) is 2.36. The number of amides is 1. The van der Waals surface area contributed by atoms with Gasteiger partial charge in [-0.2, -0.15) is 0 Å². The maximum Gasteiger partial charge on any atom is 0.253 e. The van der Waals surface area contributed by atoms with Crippen LogP contribution in [0.25, 0.3) is 0 Å². The zero-order valence-corrected chi connectivity index (χ0v) is 11.0. The van der Waals surface area contributed by atoms with E-state index in [0.717, 1.165) is 11.3 Å². The molecule has 3 N–H and O–H groups in total. The largest absolute Gasteiger partial charge is 0.394 e. The Hall–Kier alpha value is -1.59. The maximum absolute atomic E-state index is 11.9. The van der Waals surface area contributed by atoms with Gasteiger partial charge in [0.25, 0.3) is 5.91 Å². The standard InChI is InChI=1S/C13H20N2O3/c1-9-11(13(18)15(2)3)5-4-6-12(9)14-7-10(17)8-16/h4-6,10,14,16-17H,7-8H2,1-3H3. The van der Waals surface area contributed by atoms with E-state index in [1.54, 1.807) is 26.2 Å². The predicted molar refractivity (Wildman–Crippen MR) is 70.8 cm³/mol. The van der Waals surface area contributed by atoms with E-state index in [-0.39, 0.29) is 19.1 Å². The lowest BCUT2D eigenvalue weighted by Gasteiger charge is -2.17. The first-order valence-electron chi connectivity index (χ1n) is 5.81. The SMILES string of the molecule is Cc1c(NCC(O)CO)cccc1C(=O)N(C)C. The number of benzene rings is 1. The van der Waals surface area contributed by atoms with Crippen LogP contribution in [0.1, 0.15) is 15.9 Å². The number of anilines is 1. The minimum absolute atomic E-state index is 0.0566. The molecular formula is C13H20N2O3. The smallest absolute Gasteiger partial charge is 0.253 e. The fourth-order valence-electron chi connectivity index (χ4n) is 1.59. The van der Waals surface area contributed by atoms with Gasteiger partial charge < -0.3 is 20.4 Å². The number of carbonyl (C=O) groups is 1. The third kappa shape index (κ3) is 3.45. The Morgan fingerprint density at radius 1 is 1.44 bits per heavy atom. The number of nitrogens with one attached hydrogen (secondary N) is 1. The van der Waals surface area contributed by atoms with Crippen molar-refractivity contribution in [2.45, 2.75) is 13.0 Å². The van der Waals surface area contributed by atoms with Crippen molar-refractivity contribution < 1.29 is 15.0 Å². The number of rotatable bonds is 5. The van der Waals surface area contributed by atoms with Crippen LogP contribution in [-0.4, -0.2) is 54.4 Å². The Labute approximate surface area is 107 Å². The molecule has 0 aliphatic carbocycles. The van der Waals surface area contributed by atoms with Gasteiger partial charge in [-0.15, -0.1) is 0 Å². The van der Waals surface area contributed by atoms with Gasteiger partial charge in [-0.3, -0.25) is 4.79 Å². The summed E-state index contributed by atoms with van der Waals surface area (Å²) in [4.78, 5) is 13.4. The number of hydrogen-bond donors (Lipinski definition) is 3. The fourth-order valence-corrected chi connectivity index (χ4v) is 1.59. The Kier molecular flexibility index (Phi) is 5.12. The topological polar surface area (TPSA) is 72.8 Å². The monoisotopic (exact) mass is 252 g/mol. The molecule has 1 aromatic rings. The molecular weight excluding hydrogens is 232 g/mol. The third-order valence-electron chi connectivity index (χ3n) is 2.71. The summed E-state index contributed by atoms with van der Waals surface area (Å²) in [5, 5.41) is 21.1. The molecule has 1 unspecified atom stereocenters. The average molecular weight is 252 g/mol. The molecule has 5 nitrogen and oxygen atoms in total. The second-order valence-corrected chi connectivity index (χ2v) is 4.40. The summed E-state index contributed by atoms with van der Waals surface area (Å²) in [7, 11) is 3.41. The quantitative estimate of drug-likeness (QED) is 0.712. The van der Waals surface area contributed by atoms with E-state index in [9.17, 15) is 9.90 Å². The molecule has 0 aromatic heterocycles. The molecule has 5 heteroatoms. The first-order chi connectivity index (χ1) is 8.47. The van der Waals surface area contributed by atoms with Crippen LogP contribution >= 0.6 is 0 Å². The van der Waals surface area contributed by atoms with E-state index < -0.39 is 6.10 Å². The van der Waals surface area contributed by atoms with Crippen LogP contribution in [0.5, 0.6) is 0 Å². The van der Waals surface area contributed by atoms with Gasteiger partial charge in [0.2, 0.25) is 0 Å². The summed E-state index contributed by atoms with van der Waals surface area (Å²) in [6, 6.07) is 5.40. The van der Waals surface area contributed by atoms with Crippen LogP contribution in [0.2, 0.25) is 0 Å². The van der Waals surface area contributed by atoms with Crippen molar-refractivity contribution in [2.24, 2.45) is 0 Å². The van der Waals surface area contributed by atoms with Gasteiger partial charge in [0.1, 0.15) is 0 Å². The highest BCUT2D eigenvalue weighted by Gasteiger charge is 2.13. The highest BCUT2D eigenvalue weighted by molar-refractivity contribution is 5.96. The van der Waals surface area contributed by atoms with Gasteiger partial charge in [-0.1, -0.05) is 6.07 Å². The van der Waals surface area contributed by atoms with E-state index in [0.29, 0.717) is 5.56 Å². The normalized spacial score (nSPS) is 12.1. The lowest BCUT2D eigenvalue weighted by atomic mass is 10.1. The van der Waals surface area contributed by atoms with E-state index >= 15 is 0 Å². The summed E-state index contributed by atoms with van der Waals surface area (Å²) >= 11 is 0. The van der Waals surface area contributed by atoms with Crippen LogP contribution in [0.3, 0.4) is 0 Å². The number of hydrogen-bond acceptors (Lipinski definition) is 4. The van der Waals surface area contributed by atoms with Crippen molar-refractivity contribution in [1.29, 1.82) is 0 Å². The van der Waals surface area contributed by atoms with Crippen LogP contribution in [0.4, 0.5) is 5.69 Å². The van der Waals surface area contributed by atoms with Gasteiger partial charge in [-0.25, -0.2) is 0 Å². The number of aliphatic hydroxyl groups excluding tert-OH is 2. The van der Waals surface area contributed by atoms with E-state index in [4.69, 9.17) is 5.11 Å². The zero-order chi connectivity index (χ0) is 13.7. The summed E-state index contributed by atoms with van der Waals surface area (Å²) in [5.41, 5.74) is 2.25. The second kappa shape index (κ2) is 6.37. The Morgan fingerprint density at radius 2 is 2.11 bits per heavy atom. The summed E-state index contributed by atoms with van der Waals surface area (Å²) < 4.78 is 0. The van der Waals surface area contributed by atoms with Gasteiger partial charge in [-0.05, 0) is 24.6 Å². The Morgan fingerprint density at radius 3 is 2.67 bits per heavy atom. The molecule has 1 aromatic carbocycles. The second-order valence-electron chi connectivity index (χ2n) is 4.40. The third-order valence-corrected chi connectivity index (χ3v) is 2.71. The Balaban J connectivity index is 2.88. The first kappa shape index (κ1) is 14.5. The molecule has 0 radical (unpaired) electrons. The number of carbonyl (C=O) groups excluding carboxylic acids is 1. The van der Waals surface area contributed by atoms with Crippen LogP contribution in [0.15, 0.2) is 18.2 Å². The minimum Gasteiger partial charge on any atom is -0.394 e. The van der Waals surface area contributed by atoms with E-state index in [1.807, 2.05) is 13.0 Å². The predicted octanol–water partition coefficient (Wildman–Crippen LogP) is 0.462. The van der Waals surface area contributed by atoms with Crippen LogP contribution in [0, 0.1) is 6.92 Å². The highest BCUT2D eigenvalue weighted by Crippen LogP contribution is 2.19. The number of aliphatic hydroxyl groups is 2. The molecule has 100 valence electrons. The Bertz CT molecular complexity index is 419. The summed E-state index contributed by atoms with van der Waals surface area (Å²) in [6.45, 7) is 1.81. The molecule has 18 heavy (non-hydrogen) atoms. The molecule has 0 aliphatic heterocycles. The van der Waals surface area contributed by atoms with Gasteiger partial charge in [0.15, 0.2) is 0 Å². The van der Waals surface area contributed by atoms with Crippen molar-refractivity contribution in [2.75, 3.05) is 32.6 Å². The van der Waals surface area contributed by atoms with E-state index in [1.165, 1.54) is 4.90 Å². The molecule has 1 rings (SSSR count). The van der Waals surface area contributed by atoms with Crippen LogP contribution < -0.4 is 5.32 Å².